The van der Waals surface area contributed by atoms with Crippen molar-refractivity contribution in [1.82, 2.24) is 4.90 Å². The van der Waals surface area contributed by atoms with Gasteiger partial charge in [0.25, 0.3) is 0 Å². The van der Waals surface area contributed by atoms with E-state index in [1.807, 2.05) is 6.08 Å². The minimum Gasteiger partial charge on any atom is -0.410 e. The smallest absolute Gasteiger partial charge is 0.410 e. The number of benzene rings is 1. The van der Waals surface area contributed by atoms with E-state index in [9.17, 15) is 9.59 Å². The molecular formula is C13H12ClNO3. The maximum absolute atomic E-state index is 11.8. The lowest BCUT2D eigenvalue weighted by atomic mass is 10.1. The van der Waals surface area contributed by atoms with Crippen LogP contribution in [-0.4, -0.2) is 30.4 Å². The molecule has 0 radical (unpaired) electrons. The van der Waals surface area contributed by atoms with Gasteiger partial charge in [-0.1, -0.05) is 17.7 Å². The molecule has 94 valence electrons. The van der Waals surface area contributed by atoms with Gasteiger partial charge >= 0.3 is 6.09 Å². The average molecular weight is 266 g/mol. The number of halogens is 1. The number of aldehydes is 1. The molecule has 1 amide bonds. The zero-order valence-corrected chi connectivity index (χ0v) is 10.4. The molecule has 5 heteroatoms. The molecule has 0 saturated heterocycles. The van der Waals surface area contributed by atoms with Crippen LogP contribution < -0.4 is 4.74 Å². The molecular weight excluding hydrogens is 254 g/mol. The molecule has 0 atom stereocenters. The van der Waals surface area contributed by atoms with Crippen LogP contribution in [0.2, 0.25) is 5.02 Å². The number of carbonyl (C=O) groups is 2. The van der Waals surface area contributed by atoms with Crippen LogP contribution in [0.5, 0.6) is 5.75 Å². The molecule has 1 aromatic rings. The number of hydrogen-bond acceptors (Lipinski definition) is 3. The summed E-state index contributed by atoms with van der Waals surface area (Å²) in [5.41, 5.74) is 0.606. The largest absolute Gasteiger partial charge is 0.415 e. The summed E-state index contributed by atoms with van der Waals surface area (Å²) in [6.07, 6.45) is 2.81. The topological polar surface area (TPSA) is 46.6 Å². The molecule has 1 heterocycles. The lowest BCUT2D eigenvalue weighted by Crippen LogP contribution is -2.38. The Bertz CT molecular complexity index is 482. The van der Waals surface area contributed by atoms with Crippen LogP contribution in [0.1, 0.15) is 6.42 Å². The van der Waals surface area contributed by atoms with E-state index in [4.69, 9.17) is 16.3 Å². The summed E-state index contributed by atoms with van der Waals surface area (Å²) in [6.45, 7) is 0.861. The fraction of sp³-hybridized carbons (Fsp3) is 0.231. The van der Waals surface area contributed by atoms with E-state index in [-0.39, 0.29) is 0 Å². The Kier molecular flexibility index (Phi) is 3.99. The molecule has 18 heavy (non-hydrogen) atoms. The van der Waals surface area contributed by atoms with E-state index in [0.29, 0.717) is 35.9 Å². The van der Waals surface area contributed by atoms with Crippen LogP contribution in [-0.2, 0) is 4.79 Å². The zero-order chi connectivity index (χ0) is 13.0. The van der Waals surface area contributed by atoms with Gasteiger partial charge in [0.15, 0.2) is 0 Å². The lowest BCUT2D eigenvalue weighted by molar-refractivity contribution is -0.105. The third-order valence-corrected chi connectivity index (χ3v) is 2.86. The Balaban J connectivity index is 1.98. The summed E-state index contributed by atoms with van der Waals surface area (Å²) in [5.74, 6) is 0.437. The van der Waals surface area contributed by atoms with Crippen molar-refractivity contribution in [2.24, 2.45) is 0 Å². The number of ether oxygens (including phenoxy) is 1. The van der Waals surface area contributed by atoms with Crippen LogP contribution in [0, 0.1) is 0 Å². The maximum Gasteiger partial charge on any atom is 0.415 e. The van der Waals surface area contributed by atoms with Crippen LogP contribution >= 0.6 is 11.6 Å². The van der Waals surface area contributed by atoms with Gasteiger partial charge < -0.3 is 9.64 Å². The van der Waals surface area contributed by atoms with Gasteiger partial charge in [0, 0.05) is 17.1 Å². The molecule has 0 bridgehead atoms. The van der Waals surface area contributed by atoms with E-state index in [0.717, 1.165) is 6.29 Å². The first-order valence-corrected chi connectivity index (χ1v) is 5.93. The first-order chi connectivity index (χ1) is 8.69. The third kappa shape index (κ3) is 3.11. The van der Waals surface area contributed by atoms with Crippen LogP contribution in [0.4, 0.5) is 4.79 Å². The Morgan fingerprint density at radius 1 is 1.33 bits per heavy atom. The highest BCUT2D eigenvalue weighted by atomic mass is 35.5. The van der Waals surface area contributed by atoms with Crippen molar-refractivity contribution < 1.29 is 14.3 Å². The SMILES string of the molecule is O=CC1=CCCN(C(=O)Oc2ccc(Cl)cc2)C1. The number of hydrogen-bond donors (Lipinski definition) is 0. The molecule has 1 aromatic carbocycles. The first kappa shape index (κ1) is 12.6. The summed E-state index contributed by atoms with van der Waals surface area (Å²) < 4.78 is 5.19. The van der Waals surface area contributed by atoms with Gasteiger partial charge in [-0.15, -0.1) is 0 Å². The van der Waals surface area contributed by atoms with Crippen molar-refractivity contribution >= 4 is 24.0 Å². The predicted octanol–water partition coefficient (Wildman–Crippen LogP) is 2.67. The molecule has 4 nitrogen and oxygen atoms in total. The van der Waals surface area contributed by atoms with Crippen LogP contribution in [0.15, 0.2) is 35.9 Å². The fourth-order valence-corrected chi connectivity index (χ4v) is 1.80. The third-order valence-electron chi connectivity index (χ3n) is 2.61. The highest BCUT2D eigenvalue weighted by molar-refractivity contribution is 6.30. The van der Waals surface area contributed by atoms with Gasteiger partial charge in [-0.3, -0.25) is 4.79 Å². The molecule has 0 saturated carbocycles. The minimum atomic E-state index is -0.454. The number of rotatable bonds is 2. The Morgan fingerprint density at radius 3 is 2.72 bits per heavy atom. The summed E-state index contributed by atoms with van der Waals surface area (Å²) in [6, 6.07) is 6.55. The summed E-state index contributed by atoms with van der Waals surface area (Å²) >= 11 is 5.74. The molecule has 2 rings (SSSR count). The van der Waals surface area contributed by atoms with Crippen molar-refractivity contribution in [1.29, 1.82) is 0 Å². The van der Waals surface area contributed by atoms with E-state index in [1.54, 1.807) is 24.3 Å². The highest BCUT2D eigenvalue weighted by Gasteiger charge is 2.19. The molecule has 1 aliphatic rings. The molecule has 0 fully saturated rings. The first-order valence-electron chi connectivity index (χ1n) is 5.55. The summed E-state index contributed by atoms with van der Waals surface area (Å²) in [7, 11) is 0. The highest BCUT2D eigenvalue weighted by Crippen LogP contribution is 2.17. The molecule has 0 spiro atoms. The summed E-state index contributed by atoms with van der Waals surface area (Å²) in [4.78, 5) is 24.0. The zero-order valence-electron chi connectivity index (χ0n) is 9.64. The second-order valence-electron chi connectivity index (χ2n) is 3.93. The lowest BCUT2D eigenvalue weighted by Gasteiger charge is -2.24. The van der Waals surface area contributed by atoms with E-state index >= 15 is 0 Å². The second kappa shape index (κ2) is 5.69. The van der Waals surface area contributed by atoms with Crippen LogP contribution in [0.25, 0.3) is 0 Å². The predicted molar refractivity (Wildman–Crippen MR) is 67.8 cm³/mol. The number of amides is 1. The van der Waals surface area contributed by atoms with Gasteiger partial charge in [-0.2, -0.15) is 0 Å². The molecule has 1 aliphatic heterocycles. The van der Waals surface area contributed by atoms with Crippen molar-refractivity contribution in [2.45, 2.75) is 6.42 Å². The van der Waals surface area contributed by atoms with Crippen molar-refractivity contribution in [3.05, 3.63) is 40.9 Å². The molecule has 0 aromatic heterocycles. The van der Waals surface area contributed by atoms with E-state index in [1.165, 1.54) is 4.90 Å². The molecule has 0 N–H and O–H groups in total. The van der Waals surface area contributed by atoms with Crippen LogP contribution in [0.3, 0.4) is 0 Å². The quantitative estimate of drug-likeness (QED) is 0.773. The van der Waals surface area contributed by atoms with Crippen molar-refractivity contribution in [2.75, 3.05) is 13.1 Å². The fourth-order valence-electron chi connectivity index (χ4n) is 1.68. The summed E-state index contributed by atoms with van der Waals surface area (Å²) in [5, 5.41) is 0.582. The average Bonchev–Trinajstić information content (AvgIpc) is 2.41. The normalized spacial score (nSPS) is 14.9. The Labute approximate surface area is 110 Å². The number of carbonyl (C=O) groups excluding carboxylic acids is 2. The van der Waals surface area contributed by atoms with Crippen molar-refractivity contribution in [3.8, 4) is 5.75 Å². The molecule has 0 unspecified atom stereocenters. The van der Waals surface area contributed by atoms with Gasteiger partial charge in [0.1, 0.15) is 12.0 Å². The van der Waals surface area contributed by atoms with Crippen molar-refractivity contribution in [3.63, 3.8) is 0 Å². The van der Waals surface area contributed by atoms with Gasteiger partial charge in [0.2, 0.25) is 0 Å². The Hall–Kier alpha value is -1.81. The Morgan fingerprint density at radius 2 is 2.06 bits per heavy atom. The minimum absolute atomic E-state index is 0.302. The maximum atomic E-state index is 11.8. The standard InChI is InChI=1S/C13H12ClNO3/c14-11-3-5-12(6-4-11)18-13(17)15-7-1-2-10(8-15)9-16/h2-6,9H,1,7-8H2. The van der Waals surface area contributed by atoms with Gasteiger partial charge in [0.05, 0.1) is 6.54 Å². The monoisotopic (exact) mass is 265 g/mol. The second-order valence-corrected chi connectivity index (χ2v) is 4.37. The van der Waals surface area contributed by atoms with Gasteiger partial charge in [-0.25, -0.2) is 4.79 Å². The van der Waals surface area contributed by atoms with E-state index < -0.39 is 6.09 Å². The van der Waals surface area contributed by atoms with Gasteiger partial charge in [-0.05, 0) is 30.7 Å². The van der Waals surface area contributed by atoms with E-state index in [2.05, 4.69) is 0 Å². The molecule has 0 aliphatic carbocycles. The number of nitrogens with zero attached hydrogens (tertiary/aromatic N) is 1.